The van der Waals surface area contributed by atoms with Crippen LogP contribution in [0.25, 0.3) is 21.7 Å². The second-order valence-corrected chi connectivity index (χ2v) is 7.34. The van der Waals surface area contributed by atoms with Crippen molar-refractivity contribution in [3.8, 4) is 0 Å². The minimum Gasteiger partial charge on any atom is -0.358 e. The highest BCUT2D eigenvalue weighted by Crippen LogP contribution is 2.24. The summed E-state index contributed by atoms with van der Waals surface area (Å²) in [6.45, 7) is 5.36. The summed E-state index contributed by atoms with van der Waals surface area (Å²) in [5.41, 5.74) is 2.58. The van der Waals surface area contributed by atoms with Gasteiger partial charge in [0.2, 0.25) is 0 Å². The maximum Gasteiger partial charge on any atom is 0.153 e. The molecule has 1 N–H and O–H groups in total. The molecule has 2 aromatic carbocycles. The maximum absolute atomic E-state index is 4.63. The van der Waals surface area contributed by atoms with Gasteiger partial charge in [-0.05, 0) is 34.9 Å². The number of aromatic nitrogens is 2. The number of hydrogen-bond donors (Lipinski definition) is 1. The van der Waals surface area contributed by atoms with Crippen LogP contribution in [0.5, 0.6) is 0 Å². The third kappa shape index (κ3) is 3.28. The minimum absolute atomic E-state index is 1.03. The van der Waals surface area contributed by atoms with Crippen molar-refractivity contribution in [2.45, 2.75) is 6.42 Å². The fourth-order valence-corrected chi connectivity index (χ4v) is 4.07. The zero-order valence-corrected chi connectivity index (χ0v) is 15.4. The molecular formula is C23H24N4. The van der Waals surface area contributed by atoms with Gasteiger partial charge in [0.05, 0.1) is 5.52 Å². The van der Waals surface area contributed by atoms with Gasteiger partial charge in [-0.2, -0.15) is 0 Å². The second-order valence-electron chi connectivity index (χ2n) is 7.34. The Bertz CT molecular complexity index is 1060. The standard InChI is InChI=1S/C23H24N4/c1-2-4-21-17-18(5-6-19(21)3-1)9-12-26-13-15-27(16-14-26)23-22-20(7-10-24-22)8-11-25-23/h1-8,10-11,17,24H,9,12-16H2. The van der Waals surface area contributed by atoms with Crippen LogP contribution in [0.15, 0.2) is 67.0 Å². The van der Waals surface area contributed by atoms with E-state index in [0.717, 1.165) is 50.5 Å². The largest absolute Gasteiger partial charge is 0.358 e. The average molecular weight is 356 g/mol. The molecule has 0 radical (unpaired) electrons. The van der Waals surface area contributed by atoms with Crippen LogP contribution >= 0.6 is 0 Å². The van der Waals surface area contributed by atoms with Gasteiger partial charge in [-0.15, -0.1) is 0 Å². The lowest BCUT2D eigenvalue weighted by atomic mass is 10.0. The quantitative estimate of drug-likeness (QED) is 0.598. The van der Waals surface area contributed by atoms with Gasteiger partial charge in [0.25, 0.3) is 0 Å². The average Bonchev–Trinajstić information content (AvgIpc) is 3.21. The van der Waals surface area contributed by atoms with Crippen LogP contribution in [0, 0.1) is 0 Å². The summed E-state index contributed by atoms with van der Waals surface area (Å²) in [6.07, 6.45) is 5.02. The summed E-state index contributed by atoms with van der Waals surface area (Å²) in [4.78, 5) is 12.9. The van der Waals surface area contributed by atoms with E-state index < -0.39 is 0 Å². The first-order chi connectivity index (χ1) is 13.4. The summed E-state index contributed by atoms with van der Waals surface area (Å²) < 4.78 is 0. The first-order valence-corrected chi connectivity index (χ1v) is 9.74. The molecule has 27 heavy (non-hydrogen) atoms. The van der Waals surface area contributed by atoms with Gasteiger partial charge in [-0.3, -0.25) is 4.90 Å². The molecule has 4 aromatic rings. The molecule has 0 saturated carbocycles. The molecule has 4 nitrogen and oxygen atoms in total. The van der Waals surface area contributed by atoms with Gasteiger partial charge in [-0.25, -0.2) is 4.98 Å². The molecule has 1 saturated heterocycles. The van der Waals surface area contributed by atoms with E-state index in [-0.39, 0.29) is 0 Å². The molecular weight excluding hydrogens is 332 g/mol. The molecule has 0 aliphatic carbocycles. The van der Waals surface area contributed by atoms with Crippen LogP contribution in [0.3, 0.4) is 0 Å². The van der Waals surface area contributed by atoms with Crippen LogP contribution in [0.1, 0.15) is 5.56 Å². The van der Waals surface area contributed by atoms with Crippen molar-refractivity contribution in [2.24, 2.45) is 0 Å². The Morgan fingerprint density at radius 3 is 2.59 bits per heavy atom. The topological polar surface area (TPSA) is 35.2 Å². The first kappa shape index (κ1) is 16.3. The normalized spacial score (nSPS) is 15.6. The zero-order valence-electron chi connectivity index (χ0n) is 15.4. The Balaban J connectivity index is 1.21. The lowest BCUT2D eigenvalue weighted by molar-refractivity contribution is 0.260. The number of piperazine rings is 1. The highest BCUT2D eigenvalue weighted by atomic mass is 15.3. The fraction of sp³-hybridized carbons (Fsp3) is 0.261. The van der Waals surface area contributed by atoms with Crippen molar-refractivity contribution in [1.29, 1.82) is 0 Å². The van der Waals surface area contributed by atoms with Gasteiger partial charge in [0.15, 0.2) is 5.82 Å². The number of H-pyrrole nitrogens is 1. The molecule has 136 valence electrons. The number of rotatable bonds is 4. The summed E-state index contributed by atoms with van der Waals surface area (Å²) in [5, 5.41) is 3.89. The van der Waals surface area contributed by atoms with Crippen molar-refractivity contribution in [2.75, 3.05) is 37.6 Å². The highest BCUT2D eigenvalue weighted by Gasteiger charge is 2.19. The summed E-state index contributed by atoms with van der Waals surface area (Å²) in [5.74, 6) is 1.09. The van der Waals surface area contributed by atoms with E-state index in [4.69, 9.17) is 0 Å². The number of hydrogen-bond acceptors (Lipinski definition) is 3. The summed E-state index contributed by atoms with van der Waals surface area (Å²) in [7, 11) is 0. The van der Waals surface area contributed by atoms with Gasteiger partial charge < -0.3 is 9.88 Å². The molecule has 0 bridgehead atoms. The van der Waals surface area contributed by atoms with Crippen LogP contribution < -0.4 is 4.90 Å². The molecule has 0 amide bonds. The Kier molecular flexibility index (Phi) is 4.26. The Morgan fingerprint density at radius 2 is 1.70 bits per heavy atom. The van der Waals surface area contributed by atoms with Crippen molar-refractivity contribution >= 4 is 27.5 Å². The number of benzene rings is 2. The molecule has 5 rings (SSSR count). The lowest BCUT2D eigenvalue weighted by Crippen LogP contribution is -2.47. The Hall–Kier alpha value is -2.85. The zero-order chi connectivity index (χ0) is 18.1. The van der Waals surface area contributed by atoms with E-state index in [1.807, 2.05) is 12.4 Å². The molecule has 0 atom stereocenters. The van der Waals surface area contributed by atoms with E-state index in [9.17, 15) is 0 Å². The molecule has 2 aromatic heterocycles. The third-order valence-corrected chi connectivity index (χ3v) is 5.66. The van der Waals surface area contributed by atoms with Gasteiger partial charge in [0.1, 0.15) is 0 Å². The number of anilines is 1. The predicted molar refractivity (Wildman–Crippen MR) is 112 cm³/mol. The van der Waals surface area contributed by atoms with Crippen molar-refractivity contribution in [3.63, 3.8) is 0 Å². The molecule has 0 unspecified atom stereocenters. The Morgan fingerprint density at radius 1 is 0.852 bits per heavy atom. The van der Waals surface area contributed by atoms with Crippen LogP contribution in [-0.4, -0.2) is 47.6 Å². The molecule has 0 spiro atoms. The summed E-state index contributed by atoms with van der Waals surface area (Å²) in [6, 6.07) is 19.6. The van der Waals surface area contributed by atoms with E-state index in [2.05, 4.69) is 74.4 Å². The third-order valence-electron chi connectivity index (χ3n) is 5.66. The van der Waals surface area contributed by atoms with Crippen molar-refractivity contribution in [3.05, 3.63) is 72.6 Å². The predicted octanol–water partition coefficient (Wildman–Crippen LogP) is 4.08. The number of pyridine rings is 1. The van der Waals surface area contributed by atoms with E-state index in [1.54, 1.807) is 0 Å². The SMILES string of the molecule is c1ccc2cc(CCN3CCN(c4nccc5cc[nH]c45)CC3)ccc2c1. The highest BCUT2D eigenvalue weighted by molar-refractivity contribution is 5.89. The monoisotopic (exact) mass is 356 g/mol. The number of aromatic amines is 1. The second kappa shape index (κ2) is 7.05. The van der Waals surface area contributed by atoms with E-state index >= 15 is 0 Å². The van der Waals surface area contributed by atoms with Crippen LogP contribution in [0.4, 0.5) is 5.82 Å². The fourth-order valence-electron chi connectivity index (χ4n) is 4.07. The van der Waals surface area contributed by atoms with E-state index in [0.29, 0.717) is 0 Å². The Labute approximate surface area is 159 Å². The number of fused-ring (bicyclic) bond motifs is 2. The molecule has 1 aliphatic heterocycles. The van der Waals surface area contributed by atoms with Crippen LogP contribution in [-0.2, 0) is 6.42 Å². The van der Waals surface area contributed by atoms with Gasteiger partial charge >= 0.3 is 0 Å². The minimum atomic E-state index is 1.03. The first-order valence-electron chi connectivity index (χ1n) is 9.74. The molecule has 1 aliphatic rings. The smallest absolute Gasteiger partial charge is 0.153 e. The van der Waals surface area contributed by atoms with Crippen molar-refractivity contribution in [1.82, 2.24) is 14.9 Å². The lowest BCUT2D eigenvalue weighted by Gasteiger charge is -2.35. The molecule has 4 heteroatoms. The van der Waals surface area contributed by atoms with Gasteiger partial charge in [-0.1, -0.05) is 42.5 Å². The number of nitrogens with one attached hydrogen (secondary N) is 1. The summed E-state index contributed by atoms with van der Waals surface area (Å²) >= 11 is 0. The molecule has 3 heterocycles. The van der Waals surface area contributed by atoms with E-state index in [1.165, 1.54) is 21.7 Å². The molecule has 1 fully saturated rings. The maximum atomic E-state index is 4.63. The van der Waals surface area contributed by atoms with Crippen LogP contribution in [0.2, 0.25) is 0 Å². The number of nitrogens with zero attached hydrogens (tertiary/aromatic N) is 3. The van der Waals surface area contributed by atoms with Crippen molar-refractivity contribution < 1.29 is 0 Å². The van der Waals surface area contributed by atoms with Gasteiger partial charge in [0, 0.05) is 50.5 Å².